The highest BCUT2D eigenvalue weighted by atomic mass is 16.5. The van der Waals surface area contributed by atoms with Crippen LogP contribution in [-0.2, 0) is 6.54 Å². The van der Waals surface area contributed by atoms with Gasteiger partial charge in [-0.25, -0.2) is 4.68 Å². The Hall–Kier alpha value is -4.66. The molecule has 190 valence electrons. The number of aromatic nitrogens is 3. The number of nitrogens with two attached hydrogens (primary N) is 1. The molecule has 5 aromatic rings. The lowest BCUT2D eigenvalue weighted by atomic mass is 10.1. The van der Waals surface area contributed by atoms with Gasteiger partial charge in [0.1, 0.15) is 28.2 Å². The average molecular weight is 501 g/mol. The molecule has 0 bridgehead atoms. The van der Waals surface area contributed by atoms with E-state index in [1.807, 2.05) is 55.5 Å². The van der Waals surface area contributed by atoms with Crippen LogP contribution < -0.4 is 30.2 Å². The topological polar surface area (TPSA) is 103 Å². The van der Waals surface area contributed by atoms with Crippen molar-refractivity contribution in [1.29, 1.82) is 0 Å². The maximum Gasteiger partial charge on any atom is 0.264 e. The number of rotatable bonds is 7. The van der Waals surface area contributed by atoms with Crippen LogP contribution in [-0.4, -0.2) is 42.8 Å². The van der Waals surface area contributed by atoms with Crippen molar-refractivity contribution >= 4 is 27.6 Å². The van der Waals surface area contributed by atoms with Gasteiger partial charge in [0, 0.05) is 17.5 Å². The van der Waals surface area contributed by atoms with Crippen molar-refractivity contribution in [1.82, 2.24) is 14.3 Å². The summed E-state index contributed by atoms with van der Waals surface area (Å²) in [7, 11) is 6.35. The lowest BCUT2D eigenvalue weighted by Crippen LogP contribution is -2.22. The third kappa shape index (κ3) is 3.98. The molecule has 5 rings (SSSR count). The number of pyridine rings is 1. The van der Waals surface area contributed by atoms with Gasteiger partial charge >= 0.3 is 0 Å². The van der Waals surface area contributed by atoms with Crippen molar-refractivity contribution in [3.63, 3.8) is 0 Å². The van der Waals surface area contributed by atoms with Crippen LogP contribution >= 0.6 is 0 Å². The molecule has 0 amide bonds. The van der Waals surface area contributed by atoms with E-state index >= 15 is 0 Å². The van der Waals surface area contributed by atoms with Gasteiger partial charge in [0.15, 0.2) is 11.5 Å². The van der Waals surface area contributed by atoms with E-state index in [1.54, 1.807) is 43.8 Å². The Kier molecular flexibility index (Phi) is 6.12. The molecule has 0 aliphatic heterocycles. The van der Waals surface area contributed by atoms with E-state index in [4.69, 9.17) is 29.8 Å². The number of nitrogens with zero attached hydrogens (tertiary/aromatic N) is 3. The Balaban J connectivity index is 1.84. The molecular formula is C28H28N4O5. The van der Waals surface area contributed by atoms with Crippen molar-refractivity contribution in [2.45, 2.75) is 13.5 Å². The summed E-state index contributed by atoms with van der Waals surface area (Å²) < 4.78 is 25.1. The van der Waals surface area contributed by atoms with E-state index in [0.717, 1.165) is 22.6 Å². The van der Waals surface area contributed by atoms with Crippen LogP contribution in [0.15, 0.2) is 59.4 Å². The van der Waals surface area contributed by atoms with Gasteiger partial charge in [0.05, 0.1) is 46.2 Å². The first-order valence-electron chi connectivity index (χ1n) is 11.6. The van der Waals surface area contributed by atoms with Gasteiger partial charge in [0.2, 0.25) is 0 Å². The van der Waals surface area contributed by atoms with E-state index in [-0.39, 0.29) is 11.4 Å². The van der Waals surface area contributed by atoms with Gasteiger partial charge < -0.3 is 29.2 Å². The molecule has 37 heavy (non-hydrogen) atoms. The number of hydrogen-bond acceptors (Lipinski definition) is 7. The highest BCUT2D eigenvalue weighted by molar-refractivity contribution is 6.08. The fourth-order valence-corrected chi connectivity index (χ4v) is 4.55. The van der Waals surface area contributed by atoms with Crippen molar-refractivity contribution in [3.05, 3.63) is 76.1 Å². The predicted molar refractivity (Wildman–Crippen MR) is 144 cm³/mol. The van der Waals surface area contributed by atoms with Gasteiger partial charge in [-0.3, -0.25) is 4.79 Å². The summed E-state index contributed by atoms with van der Waals surface area (Å²) in [6, 6.07) is 16.8. The number of aryl methyl sites for hydroxylation is 1. The second-order valence-electron chi connectivity index (χ2n) is 8.64. The monoisotopic (exact) mass is 500 g/mol. The fourth-order valence-electron chi connectivity index (χ4n) is 4.55. The van der Waals surface area contributed by atoms with Gasteiger partial charge in [-0.2, -0.15) is 5.10 Å². The van der Waals surface area contributed by atoms with Gasteiger partial charge in [-0.05, 0) is 42.3 Å². The Morgan fingerprint density at radius 1 is 0.838 bits per heavy atom. The van der Waals surface area contributed by atoms with Crippen LogP contribution in [0.2, 0.25) is 0 Å². The van der Waals surface area contributed by atoms with Crippen molar-refractivity contribution in [3.8, 4) is 28.7 Å². The first-order valence-corrected chi connectivity index (χ1v) is 11.6. The van der Waals surface area contributed by atoms with Crippen LogP contribution in [0.25, 0.3) is 27.5 Å². The molecule has 0 unspecified atom stereocenters. The molecule has 0 saturated heterocycles. The van der Waals surface area contributed by atoms with Crippen molar-refractivity contribution in [2.24, 2.45) is 0 Å². The predicted octanol–water partition coefficient (Wildman–Crippen LogP) is 4.31. The van der Waals surface area contributed by atoms with Gasteiger partial charge in [-0.15, -0.1) is 0 Å². The minimum atomic E-state index is -0.255. The number of benzene rings is 3. The molecule has 2 heterocycles. The van der Waals surface area contributed by atoms with Crippen LogP contribution in [0.1, 0.15) is 11.1 Å². The zero-order valence-corrected chi connectivity index (χ0v) is 21.4. The molecule has 0 aliphatic carbocycles. The molecule has 3 aromatic carbocycles. The van der Waals surface area contributed by atoms with Gasteiger partial charge in [-0.1, -0.05) is 18.2 Å². The summed E-state index contributed by atoms with van der Waals surface area (Å²) in [6.07, 6.45) is 0. The standard InChI is InChI=1S/C28H28N4O5/c1-16-6-9-19(35-3)12-21(16)32-27(29)25-26(30-32)20-13-23(36-4)24(37-5)14-22(20)31(28(25)33)15-17-7-10-18(34-2)11-8-17/h6-14H,15,29H2,1-5H3. The second-order valence-corrected chi connectivity index (χ2v) is 8.64. The first-order chi connectivity index (χ1) is 17.9. The summed E-state index contributed by atoms with van der Waals surface area (Å²) in [5.74, 6) is 2.68. The van der Waals surface area contributed by atoms with Crippen LogP contribution in [0, 0.1) is 6.92 Å². The first kappa shape index (κ1) is 24.1. The molecule has 2 aromatic heterocycles. The second kappa shape index (κ2) is 9.42. The summed E-state index contributed by atoms with van der Waals surface area (Å²) in [4.78, 5) is 14.0. The molecule has 2 N–H and O–H groups in total. The maximum atomic E-state index is 14.0. The van der Waals surface area contributed by atoms with E-state index in [9.17, 15) is 4.79 Å². The van der Waals surface area contributed by atoms with E-state index in [0.29, 0.717) is 45.6 Å². The number of nitrogen functional groups attached to an aromatic ring is 1. The zero-order valence-electron chi connectivity index (χ0n) is 21.4. The fraction of sp³-hybridized carbons (Fsp3) is 0.214. The molecule has 0 fully saturated rings. The summed E-state index contributed by atoms with van der Waals surface area (Å²) in [5.41, 5.74) is 10.1. The summed E-state index contributed by atoms with van der Waals surface area (Å²) >= 11 is 0. The quantitative estimate of drug-likeness (QED) is 0.355. The SMILES string of the molecule is COc1ccc(Cn2c(=O)c3c(N)n(-c4cc(OC)ccc4C)nc3c3cc(OC)c(OC)cc32)cc1. The van der Waals surface area contributed by atoms with E-state index in [1.165, 1.54) is 0 Å². The summed E-state index contributed by atoms with van der Waals surface area (Å²) in [6.45, 7) is 2.27. The Morgan fingerprint density at radius 3 is 2.14 bits per heavy atom. The largest absolute Gasteiger partial charge is 0.497 e. The number of hydrogen-bond donors (Lipinski definition) is 1. The Morgan fingerprint density at radius 2 is 1.49 bits per heavy atom. The highest BCUT2D eigenvalue weighted by Gasteiger charge is 2.22. The minimum absolute atomic E-state index is 0.247. The smallest absolute Gasteiger partial charge is 0.264 e. The number of ether oxygens (including phenoxy) is 4. The number of fused-ring (bicyclic) bond motifs is 3. The van der Waals surface area contributed by atoms with Crippen LogP contribution in [0.5, 0.6) is 23.0 Å². The molecule has 0 radical (unpaired) electrons. The Bertz CT molecular complexity index is 1690. The normalized spacial score (nSPS) is 11.2. The average Bonchev–Trinajstić information content (AvgIpc) is 3.27. The molecule has 9 heteroatoms. The molecule has 0 aliphatic rings. The zero-order chi connectivity index (χ0) is 26.3. The third-order valence-corrected chi connectivity index (χ3v) is 6.57. The number of methoxy groups -OCH3 is 4. The molecular weight excluding hydrogens is 472 g/mol. The molecule has 0 atom stereocenters. The molecule has 0 spiro atoms. The maximum absolute atomic E-state index is 14.0. The van der Waals surface area contributed by atoms with Crippen molar-refractivity contribution in [2.75, 3.05) is 34.2 Å². The lowest BCUT2D eigenvalue weighted by molar-refractivity contribution is 0.355. The molecule has 0 saturated carbocycles. The molecule has 9 nitrogen and oxygen atoms in total. The Labute approximate surface area is 213 Å². The van der Waals surface area contributed by atoms with Crippen LogP contribution in [0.3, 0.4) is 0 Å². The highest BCUT2D eigenvalue weighted by Crippen LogP contribution is 2.36. The minimum Gasteiger partial charge on any atom is -0.497 e. The third-order valence-electron chi connectivity index (χ3n) is 6.57. The lowest BCUT2D eigenvalue weighted by Gasteiger charge is -2.15. The van der Waals surface area contributed by atoms with Gasteiger partial charge in [0.25, 0.3) is 5.56 Å². The van der Waals surface area contributed by atoms with E-state index in [2.05, 4.69) is 0 Å². The van der Waals surface area contributed by atoms with Crippen LogP contribution in [0.4, 0.5) is 5.82 Å². The van der Waals surface area contributed by atoms with Crippen molar-refractivity contribution < 1.29 is 18.9 Å². The summed E-state index contributed by atoms with van der Waals surface area (Å²) in [5, 5.41) is 5.86. The van der Waals surface area contributed by atoms with E-state index < -0.39 is 0 Å². The number of anilines is 1.